The minimum Gasteiger partial charge on any atom is -0.496 e. The van der Waals surface area contributed by atoms with Crippen LogP contribution in [0.15, 0.2) is 66.4 Å². The number of hydrogen-bond acceptors (Lipinski definition) is 8. The minimum atomic E-state index is -0.707. The largest absolute Gasteiger partial charge is 0.496 e. The number of Topliss-reactive ketones (excluding diaryl/α,β-unsaturated/α-hetero) is 1. The van der Waals surface area contributed by atoms with Crippen LogP contribution in [0.4, 0.5) is 5.69 Å². The first-order chi connectivity index (χ1) is 15.9. The Balaban J connectivity index is 1.59. The molecule has 0 radical (unpaired) electrons. The molecule has 9 nitrogen and oxygen atoms in total. The number of hydrogen-bond donors (Lipinski definition) is 0. The average molecular weight is 447 g/mol. The molecule has 0 saturated carbocycles. The number of nitrogens with zero attached hydrogens (tertiary/aromatic N) is 1. The Morgan fingerprint density at radius 1 is 1.00 bits per heavy atom. The van der Waals surface area contributed by atoms with E-state index in [2.05, 4.69) is 0 Å². The molecule has 0 aliphatic carbocycles. The van der Waals surface area contributed by atoms with Gasteiger partial charge in [0.15, 0.2) is 5.76 Å². The summed E-state index contributed by atoms with van der Waals surface area (Å²) in [6.45, 7) is 0. The van der Waals surface area contributed by atoms with Gasteiger partial charge in [0.1, 0.15) is 28.6 Å². The van der Waals surface area contributed by atoms with Crippen LogP contribution >= 0.6 is 0 Å². The highest BCUT2D eigenvalue weighted by Crippen LogP contribution is 2.36. The molecule has 9 heteroatoms. The molecule has 166 valence electrons. The van der Waals surface area contributed by atoms with Crippen LogP contribution in [0.25, 0.3) is 6.08 Å². The van der Waals surface area contributed by atoms with Gasteiger partial charge in [0.2, 0.25) is 5.78 Å². The molecule has 0 atom stereocenters. The number of non-ortho nitro benzene ring substituents is 1. The molecule has 0 spiro atoms. The molecular weight excluding hydrogens is 430 g/mol. The van der Waals surface area contributed by atoms with Crippen molar-refractivity contribution in [1.82, 2.24) is 0 Å². The van der Waals surface area contributed by atoms with Crippen molar-refractivity contribution in [3.05, 3.63) is 93.2 Å². The number of rotatable bonds is 6. The van der Waals surface area contributed by atoms with Crippen molar-refractivity contribution in [3.8, 4) is 23.0 Å². The Bertz CT molecular complexity index is 1290. The standard InChI is InChI=1S/C24H17NO8/c1-30-18-7-4-8-19(31-2)22(18)24(27)32-16-9-10-17-20(13-16)33-21(23(17)26)12-14-5-3-6-15(11-14)25(28)29/h3-13H,1-2H3. The van der Waals surface area contributed by atoms with E-state index >= 15 is 0 Å². The monoisotopic (exact) mass is 447 g/mol. The molecule has 0 fully saturated rings. The summed E-state index contributed by atoms with van der Waals surface area (Å²) in [5, 5.41) is 11.0. The predicted molar refractivity (Wildman–Crippen MR) is 117 cm³/mol. The third kappa shape index (κ3) is 4.24. The predicted octanol–water partition coefficient (Wildman–Crippen LogP) is 4.45. The number of ketones is 1. The zero-order valence-electron chi connectivity index (χ0n) is 17.6. The second kappa shape index (κ2) is 8.83. The molecule has 4 rings (SSSR count). The summed E-state index contributed by atoms with van der Waals surface area (Å²) in [5.74, 6) is -0.171. The zero-order valence-corrected chi connectivity index (χ0v) is 17.6. The highest BCUT2D eigenvalue weighted by Gasteiger charge is 2.29. The lowest BCUT2D eigenvalue weighted by molar-refractivity contribution is -0.384. The summed E-state index contributed by atoms with van der Waals surface area (Å²) in [7, 11) is 2.85. The van der Waals surface area contributed by atoms with Crippen molar-refractivity contribution in [3.63, 3.8) is 0 Å². The fourth-order valence-electron chi connectivity index (χ4n) is 3.32. The van der Waals surface area contributed by atoms with Crippen LogP contribution in [0.1, 0.15) is 26.3 Å². The number of carbonyl (C=O) groups excluding carboxylic acids is 2. The van der Waals surface area contributed by atoms with Gasteiger partial charge in [0, 0.05) is 18.2 Å². The summed E-state index contributed by atoms with van der Waals surface area (Å²) in [4.78, 5) is 35.9. The molecule has 0 aromatic heterocycles. The first-order valence-electron chi connectivity index (χ1n) is 9.67. The van der Waals surface area contributed by atoms with E-state index in [9.17, 15) is 19.7 Å². The lowest BCUT2D eigenvalue weighted by Crippen LogP contribution is -2.12. The molecule has 1 aliphatic heterocycles. The van der Waals surface area contributed by atoms with Gasteiger partial charge in [0.05, 0.1) is 24.7 Å². The number of nitro groups is 1. The Labute approximate surface area is 187 Å². The van der Waals surface area contributed by atoms with Gasteiger partial charge in [0.25, 0.3) is 5.69 Å². The van der Waals surface area contributed by atoms with E-state index in [1.165, 1.54) is 56.7 Å². The number of methoxy groups -OCH3 is 2. The summed E-state index contributed by atoms with van der Waals surface area (Å²) >= 11 is 0. The van der Waals surface area contributed by atoms with Crippen molar-refractivity contribution >= 4 is 23.5 Å². The van der Waals surface area contributed by atoms with Crippen molar-refractivity contribution in [2.45, 2.75) is 0 Å². The lowest BCUT2D eigenvalue weighted by Gasteiger charge is -2.12. The van der Waals surface area contributed by atoms with Gasteiger partial charge >= 0.3 is 5.97 Å². The molecule has 3 aromatic rings. The second-order valence-electron chi connectivity index (χ2n) is 6.88. The average Bonchev–Trinajstić information content (AvgIpc) is 3.12. The SMILES string of the molecule is COc1cccc(OC)c1C(=O)Oc1ccc2c(c1)OC(=Cc1cccc([N+](=O)[O-])c1)C2=O. The van der Waals surface area contributed by atoms with Crippen molar-refractivity contribution in [2.75, 3.05) is 14.2 Å². The third-order valence-electron chi connectivity index (χ3n) is 4.86. The maximum Gasteiger partial charge on any atom is 0.351 e. The topological polar surface area (TPSA) is 114 Å². The summed E-state index contributed by atoms with van der Waals surface area (Å²) in [5.41, 5.74) is 0.733. The molecule has 1 aliphatic rings. The summed E-state index contributed by atoms with van der Waals surface area (Å²) in [6, 6.07) is 15.1. The smallest absolute Gasteiger partial charge is 0.351 e. The quantitative estimate of drug-likeness (QED) is 0.179. The van der Waals surface area contributed by atoms with Crippen molar-refractivity contribution in [2.24, 2.45) is 0 Å². The molecule has 33 heavy (non-hydrogen) atoms. The van der Waals surface area contributed by atoms with E-state index in [4.69, 9.17) is 18.9 Å². The van der Waals surface area contributed by atoms with Crippen LogP contribution in [0.2, 0.25) is 0 Å². The number of esters is 1. The molecule has 0 bridgehead atoms. The maximum absolute atomic E-state index is 12.8. The van der Waals surface area contributed by atoms with Gasteiger partial charge in [-0.1, -0.05) is 18.2 Å². The van der Waals surface area contributed by atoms with Gasteiger partial charge in [-0.25, -0.2) is 4.79 Å². The van der Waals surface area contributed by atoms with Crippen LogP contribution in [0, 0.1) is 10.1 Å². The highest BCUT2D eigenvalue weighted by atomic mass is 16.6. The Hall–Kier alpha value is -4.66. The Morgan fingerprint density at radius 3 is 2.36 bits per heavy atom. The van der Waals surface area contributed by atoms with Gasteiger partial charge in [-0.3, -0.25) is 14.9 Å². The maximum atomic E-state index is 12.8. The fourth-order valence-corrected chi connectivity index (χ4v) is 3.32. The number of carbonyl (C=O) groups is 2. The molecule has 0 saturated heterocycles. The fraction of sp³-hybridized carbons (Fsp3) is 0.0833. The summed E-state index contributed by atoms with van der Waals surface area (Å²) in [6.07, 6.45) is 1.42. The first kappa shape index (κ1) is 21.6. The minimum absolute atomic E-state index is 0.000345. The van der Waals surface area contributed by atoms with E-state index in [-0.39, 0.29) is 51.4 Å². The van der Waals surface area contributed by atoms with Crippen LogP contribution in [0.5, 0.6) is 23.0 Å². The van der Waals surface area contributed by atoms with Gasteiger partial charge in [-0.2, -0.15) is 0 Å². The Morgan fingerprint density at radius 2 is 1.70 bits per heavy atom. The second-order valence-corrected chi connectivity index (χ2v) is 6.88. The van der Waals surface area contributed by atoms with Crippen LogP contribution in [-0.4, -0.2) is 30.9 Å². The number of benzene rings is 3. The molecule has 1 heterocycles. The van der Waals surface area contributed by atoms with E-state index < -0.39 is 10.9 Å². The van der Waals surface area contributed by atoms with Gasteiger partial charge in [-0.05, 0) is 35.9 Å². The zero-order chi connectivity index (χ0) is 23.5. The first-order valence-corrected chi connectivity index (χ1v) is 9.67. The molecule has 0 amide bonds. The Kier molecular flexibility index (Phi) is 5.77. The van der Waals surface area contributed by atoms with Crippen molar-refractivity contribution in [1.29, 1.82) is 0 Å². The number of ether oxygens (including phenoxy) is 4. The highest BCUT2D eigenvalue weighted by molar-refractivity contribution is 6.14. The van der Waals surface area contributed by atoms with Crippen LogP contribution < -0.4 is 18.9 Å². The van der Waals surface area contributed by atoms with E-state index in [1.54, 1.807) is 24.3 Å². The number of allylic oxidation sites excluding steroid dienone is 1. The van der Waals surface area contributed by atoms with E-state index in [0.29, 0.717) is 5.56 Å². The third-order valence-corrected chi connectivity index (χ3v) is 4.86. The van der Waals surface area contributed by atoms with Gasteiger partial charge < -0.3 is 18.9 Å². The van der Waals surface area contributed by atoms with Crippen LogP contribution in [-0.2, 0) is 0 Å². The van der Waals surface area contributed by atoms with E-state index in [0.717, 1.165) is 0 Å². The number of nitro benzene ring substituents is 1. The summed E-state index contributed by atoms with van der Waals surface area (Å²) < 4.78 is 21.6. The van der Waals surface area contributed by atoms with Crippen LogP contribution in [0.3, 0.4) is 0 Å². The lowest BCUT2D eigenvalue weighted by atomic mass is 10.1. The van der Waals surface area contributed by atoms with E-state index in [1.807, 2.05) is 0 Å². The molecular formula is C24H17NO8. The normalized spacial score (nSPS) is 13.3. The van der Waals surface area contributed by atoms with Crippen molar-refractivity contribution < 1.29 is 33.5 Å². The molecule has 0 unspecified atom stereocenters. The molecule has 3 aromatic carbocycles. The van der Waals surface area contributed by atoms with Gasteiger partial charge in [-0.15, -0.1) is 0 Å². The number of fused-ring (bicyclic) bond motifs is 1. The molecule has 0 N–H and O–H groups in total.